The molecule has 6 heteroatoms. The summed E-state index contributed by atoms with van der Waals surface area (Å²) in [6.45, 7) is 4.72. The van der Waals surface area contributed by atoms with E-state index >= 15 is 0 Å². The Balaban J connectivity index is 1.15. The Hall–Kier alpha value is -2.72. The molecule has 2 saturated carbocycles. The lowest BCUT2D eigenvalue weighted by molar-refractivity contribution is -0.127. The average Bonchev–Trinajstić information content (AvgIpc) is 3.71. The first-order valence-electron chi connectivity index (χ1n) is 13.6. The third-order valence-corrected chi connectivity index (χ3v) is 8.49. The molecule has 36 heavy (non-hydrogen) atoms. The molecule has 3 fully saturated rings. The topological polar surface area (TPSA) is 85.4 Å². The van der Waals surface area contributed by atoms with Crippen molar-refractivity contribution in [1.82, 2.24) is 15.1 Å². The number of benzene rings is 2. The highest BCUT2D eigenvalue weighted by molar-refractivity contribution is 5.86. The van der Waals surface area contributed by atoms with Gasteiger partial charge in [-0.15, -0.1) is 0 Å². The summed E-state index contributed by atoms with van der Waals surface area (Å²) in [5, 5.41) is 12.5. The number of rotatable bonds is 7. The van der Waals surface area contributed by atoms with Gasteiger partial charge in [-0.1, -0.05) is 67.8 Å². The fourth-order valence-corrected chi connectivity index (χ4v) is 5.93. The number of carbonyl (C=O) groups is 1. The Morgan fingerprint density at radius 3 is 2.25 bits per heavy atom. The van der Waals surface area contributed by atoms with Gasteiger partial charge in [0, 0.05) is 44.6 Å². The molecule has 0 spiro atoms. The highest BCUT2D eigenvalue weighted by Crippen LogP contribution is 2.45. The Kier molecular flexibility index (Phi) is 7.43. The molecule has 5 rings (SSSR count). The summed E-state index contributed by atoms with van der Waals surface area (Å²) >= 11 is 0. The van der Waals surface area contributed by atoms with Gasteiger partial charge >= 0.3 is 0 Å². The first-order valence-corrected chi connectivity index (χ1v) is 13.6. The molecule has 1 amide bonds. The Morgan fingerprint density at radius 2 is 1.64 bits per heavy atom. The van der Waals surface area contributed by atoms with Crippen LogP contribution in [0, 0.1) is 11.3 Å². The lowest BCUT2D eigenvalue weighted by atomic mass is 9.81. The summed E-state index contributed by atoms with van der Waals surface area (Å²) < 4.78 is 0. The quantitative estimate of drug-likeness (QED) is 0.625. The van der Waals surface area contributed by atoms with E-state index in [-0.39, 0.29) is 5.91 Å². The van der Waals surface area contributed by atoms with Crippen LogP contribution in [0.4, 0.5) is 0 Å². The minimum atomic E-state index is -0.825. The van der Waals surface area contributed by atoms with Crippen molar-refractivity contribution in [2.75, 3.05) is 33.2 Å². The van der Waals surface area contributed by atoms with Gasteiger partial charge in [0.25, 0.3) is 0 Å². The molecular formula is C30H39N5O. The maximum Gasteiger partial charge on any atom is 0.241 e. The van der Waals surface area contributed by atoms with E-state index in [1.54, 1.807) is 0 Å². The lowest BCUT2D eigenvalue weighted by Crippen LogP contribution is -2.57. The number of nitrogens with one attached hydrogen (secondary N) is 1. The summed E-state index contributed by atoms with van der Waals surface area (Å²) in [5.74, 6) is 0.486. The van der Waals surface area contributed by atoms with Crippen molar-refractivity contribution in [3.8, 4) is 17.2 Å². The molecule has 2 aromatic rings. The second-order valence-corrected chi connectivity index (χ2v) is 11.1. The van der Waals surface area contributed by atoms with E-state index in [2.05, 4.69) is 76.8 Å². The fourth-order valence-electron chi connectivity index (χ4n) is 5.93. The first-order chi connectivity index (χ1) is 17.4. The molecule has 190 valence electrons. The van der Waals surface area contributed by atoms with E-state index < -0.39 is 11.6 Å². The summed E-state index contributed by atoms with van der Waals surface area (Å²) in [5.41, 5.74) is 10.4. The Labute approximate surface area is 215 Å². The molecule has 3 atom stereocenters. The highest BCUT2D eigenvalue weighted by atomic mass is 16.2. The molecule has 3 N–H and O–H groups in total. The molecule has 2 unspecified atom stereocenters. The van der Waals surface area contributed by atoms with E-state index in [1.165, 1.54) is 43.7 Å². The lowest BCUT2D eigenvalue weighted by Gasteiger charge is -2.32. The number of nitriles is 1. The van der Waals surface area contributed by atoms with E-state index in [9.17, 15) is 10.1 Å². The van der Waals surface area contributed by atoms with E-state index in [0.29, 0.717) is 31.2 Å². The van der Waals surface area contributed by atoms with Gasteiger partial charge in [-0.2, -0.15) is 5.26 Å². The van der Waals surface area contributed by atoms with Crippen LogP contribution in [0.3, 0.4) is 0 Å². The number of hydrogen-bond donors (Lipinski definition) is 2. The van der Waals surface area contributed by atoms with Crippen LogP contribution in [0.1, 0.15) is 55.6 Å². The number of nitrogens with zero attached hydrogens (tertiary/aromatic N) is 3. The number of piperazine rings is 1. The van der Waals surface area contributed by atoms with Gasteiger partial charge in [0.15, 0.2) is 0 Å². The molecule has 6 nitrogen and oxygen atoms in total. The van der Waals surface area contributed by atoms with Gasteiger partial charge in [0.05, 0.1) is 11.6 Å². The van der Waals surface area contributed by atoms with Gasteiger partial charge in [-0.3, -0.25) is 9.69 Å². The fraction of sp³-hybridized carbons (Fsp3) is 0.533. The van der Waals surface area contributed by atoms with Crippen molar-refractivity contribution >= 4 is 5.91 Å². The van der Waals surface area contributed by atoms with Crippen molar-refractivity contribution in [3.63, 3.8) is 0 Å². The second-order valence-electron chi connectivity index (χ2n) is 11.1. The minimum Gasteiger partial charge on any atom is -0.338 e. The van der Waals surface area contributed by atoms with Crippen LogP contribution in [0.25, 0.3) is 11.1 Å². The second kappa shape index (κ2) is 10.7. The van der Waals surface area contributed by atoms with Crippen LogP contribution in [0.2, 0.25) is 0 Å². The molecule has 1 heterocycles. The maximum absolute atomic E-state index is 12.7. The number of hydrogen-bond acceptors (Lipinski definition) is 5. The zero-order valence-electron chi connectivity index (χ0n) is 21.5. The Morgan fingerprint density at radius 1 is 1.03 bits per heavy atom. The Bertz CT molecular complexity index is 1080. The molecule has 1 saturated heterocycles. The molecule has 2 aliphatic carbocycles. The van der Waals surface area contributed by atoms with Gasteiger partial charge in [0.2, 0.25) is 5.91 Å². The zero-order chi connectivity index (χ0) is 25.1. The number of nitrogens with two attached hydrogens (primary N) is 1. The number of amides is 1. The van der Waals surface area contributed by atoms with Crippen molar-refractivity contribution in [2.45, 2.75) is 68.5 Å². The third-order valence-electron chi connectivity index (χ3n) is 8.49. The molecule has 0 radical (unpaired) electrons. The molecule has 1 aliphatic heterocycles. The molecular weight excluding hydrogens is 446 g/mol. The van der Waals surface area contributed by atoms with Crippen molar-refractivity contribution in [3.05, 3.63) is 59.7 Å². The SMILES string of the molecule is CN1CCN(C2CC2c2ccc(-c3ccc(C[C@H](C#N)NC(=O)C4(N)CCCCC4)cc3)cc2)CC1. The number of carbonyl (C=O) groups excluding carboxylic acids is 1. The summed E-state index contributed by atoms with van der Waals surface area (Å²) in [4.78, 5) is 17.8. The predicted molar refractivity (Wildman–Crippen MR) is 143 cm³/mol. The summed E-state index contributed by atoms with van der Waals surface area (Å²) in [6.07, 6.45) is 6.22. The van der Waals surface area contributed by atoms with Crippen LogP contribution < -0.4 is 11.1 Å². The summed E-state index contributed by atoms with van der Waals surface area (Å²) in [6, 6.07) is 19.8. The zero-order valence-corrected chi connectivity index (χ0v) is 21.5. The van der Waals surface area contributed by atoms with Crippen LogP contribution in [0.15, 0.2) is 48.5 Å². The standard InChI is InChI=1S/C30H39N5O/c1-34-15-17-35(18-16-34)28-20-27(28)25-11-9-24(10-12-25)23-7-5-22(6-8-23)19-26(21-31)33-29(36)30(32)13-3-2-4-14-30/h5-12,26-28H,2-4,13-20,32H2,1H3,(H,33,36)/t26-,27?,28?/m1/s1. The minimum absolute atomic E-state index is 0.184. The molecule has 2 aromatic carbocycles. The maximum atomic E-state index is 12.7. The molecule has 3 aliphatic rings. The third kappa shape index (κ3) is 5.64. The smallest absolute Gasteiger partial charge is 0.241 e. The largest absolute Gasteiger partial charge is 0.338 e. The van der Waals surface area contributed by atoms with Gasteiger partial charge in [-0.25, -0.2) is 0 Å². The van der Waals surface area contributed by atoms with E-state index in [4.69, 9.17) is 5.73 Å². The molecule has 0 bridgehead atoms. The van der Waals surface area contributed by atoms with Gasteiger partial charge in [0.1, 0.15) is 6.04 Å². The average molecular weight is 486 g/mol. The predicted octanol–water partition coefficient (Wildman–Crippen LogP) is 3.67. The van der Waals surface area contributed by atoms with Crippen molar-refractivity contribution in [1.29, 1.82) is 5.26 Å². The van der Waals surface area contributed by atoms with Crippen molar-refractivity contribution in [2.24, 2.45) is 5.73 Å². The van der Waals surface area contributed by atoms with Crippen LogP contribution in [-0.4, -0.2) is 66.6 Å². The normalized spacial score (nSPS) is 25.0. The molecule has 0 aromatic heterocycles. The summed E-state index contributed by atoms with van der Waals surface area (Å²) in [7, 11) is 2.21. The van der Waals surface area contributed by atoms with Crippen LogP contribution in [-0.2, 0) is 11.2 Å². The number of likely N-dealkylation sites (N-methyl/N-ethyl adjacent to an activating group) is 1. The van der Waals surface area contributed by atoms with Crippen LogP contribution in [0.5, 0.6) is 0 Å². The van der Waals surface area contributed by atoms with E-state index in [0.717, 1.165) is 30.4 Å². The van der Waals surface area contributed by atoms with E-state index in [1.807, 2.05) is 0 Å². The first kappa shape index (κ1) is 25.0. The monoisotopic (exact) mass is 485 g/mol. The van der Waals surface area contributed by atoms with Gasteiger partial charge in [-0.05, 0) is 48.6 Å². The van der Waals surface area contributed by atoms with Crippen LogP contribution >= 0.6 is 0 Å². The highest BCUT2D eigenvalue weighted by Gasteiger charge is 2.43. The van der Waals surface area contributed by atoms with Gasteiger partial charge < -0.3 is 16.0 Å². The van der Waals surface area contributed by atoms with Crippen molar-refractivity contribution < 1.29 is 4.79 Å².